The smallest absolute Gasteiger partial charge is 0.294 e. The number of hydrogen-bond acceptors (Lipinski definition) is 2. The summed E-state index contributed by atoms with van der Waals surface area (Å²) in [6, 6.07) is 7.73. The van der Waals surface area contributed by atoms with Gasteiger partial charge in [-0.15, -0.1) is 0 Å². The fourth-order valence-corrected chi connectivity index (χ4v) is 2.88. The highest BCUT2D eigenvalue weighted by atomic mass is 35.5. The highest BCUT2D eigenvalue weighted by molar-refractivity contribution is 8.01. The van der Waals surface area contributed by atoms with E-state index in [0.717, 1.165) is 16.7 Å². The van der Waals surface area contributed by atoms with Crippen LogP contribution in [0.5, 0.6) is 0 Å². The van der Waals surface area contributed by atoms with Crippen molar-refractivity contribution in [1.82, 2.24) is 3.97 Å². The molecule has 0 aliphatic heterocycles. The van der Waals surface area contributed by atoms with Gasteiger partial charge in [-0.25, -0.2) is 0 Å². The molecule has 106 valence electrons. The summed E-state index contributed by atoms with van der Waals surface area (Å²) in [6.07, 6.45) is 3.17. The SMILES string of the molecule is CC(=O)c1cn(SC(F)(Cl)Cl)cc1-c1ccc(C)cc1. The van der Waals surface area contributed by atoms with Crippen LogP contribution in [0.4, 0.5) is 4.39 Å². The topological polar surface area (TPSA) is 22.0 Å². The normalized spacial score (nSPS) is 11.7. The van der Waals surface area contributed by atoms with E-state index < -0.39 is 3.92 Å². The first-order chi connectivity index (χ1) is 9.26. The summed E-state index contributed by atoms with van der Waals surface area (Å²) in [5.41, 5.74) is 3.23. The monoisotopic (exact) mass is 331 g/mol. The number of alkyl halides is 3. The second kappa shape index (κ2) is 5.80. The first kappa shape index (κ1) is 15.4. The zero-order valence-electron chi connectivity index (χ0n) is 10.9. The molecule has 2 rings (SSSR count). The third-order valence-electron chi connectivity index (χ3n) is 2.75. The molecule has 0 unspecified atom stereocenters. The average Bonchev–Trinajstić information content (AvgIpc) is 2.71. The van der Waals surface area contributed by atoms with Crippen LogP contribution in [0.2, 0.25) is 0 Å². The maximum absolute atomic E-state index is 13.3. The molecule has 0 radical (unpaired) electrons. The molecule has 0 saturated carbocycles. The van der Waals surface area contributed by atoms with E-state index >= 15 is 0 Å². The van der Waals surface area contributed by atoms with Gasteiger partial charge in [0.15, 0.2) is 5.78 Å². The Labute approximate surface area is 131 Å². The quantitative estimate of drug-likeness (QED) is 0.565. The molecule has 0 saturated heterocycles. The van der Waals surface area contributed by atoms with Crippen LogP contribution < -0.4 is 0 Å². The number of halogens is 3. The number of carbonyl (C=O) groups is 1. The molecule has 1 aromatic heterocycles. The largest absolute Gasteiger partial charge is 0.323 e. The van der Waals surface area contributed by atoms with Crippen molar-refractivity contribution in [2.75, 3.05) is 0 Å². The Hall–Kier alpha value is -0.970. The molecule has 6 heteroatoms. The minimum atomic E-state index is -2.45. The standard InChI is InChI=1S/C14H12Cl2FNOS/c1-9-3-5-11(6-4-9)13-8-18(20-14(15,16)17)7-12(13)10(2)19/h3-8H,1-2H3. The number of Topliss-reactive ketones (excluding diaryl/α,β-unsaturated/α-hetero) is 1. The number of benzene rings is 1. The van der Waals surface area contributed by atoms with Gasteiger partial charge >= 0.3 is 3.92 Å². The average molecular weight is 332 g/mol. The Morgan fingerprint density at radius 2 is 1.85 bits per heavy atom. The van der Waals surface area contributed by atoms with Crippen LogP contribution in [0.25, 0.3) is 11.1 Å². The Bertz CT molecular complexity index is 632. The van der Waals surface area contributed by atoms with Crippen LogP contribution in [-0.2, 0) is 0 Å². The van der Waals surface area contributed by atoms with Crippen LogP contribution in [0.3, 0.4) is 0 Å². The van der Waals surface area contributed by atoms with Crippen molar-refractivity contribution in [3.05, 3.63) is 47.8 Å². The summed E-state index contributed by atoms with van der Waals surface area (Å²) < 4.78 is 12.2. The molecular weight excluding hydrogens is 320 g/mol. The Balaban J connectivity index is 2.46. The number of carbonyl (C=O) groups excluding carboxylic acids is 1. The van der Waals surface area contributed by atoms with Gasteiger partial charge in [-0.1, -0.05) is 53.0 Å². The van der Waals surface area contributed by atoms with Crippen molar-refractivity contribution < 1.29 is 9.18 Å². The van der Waals surface area contributed by atoms with E-state index in [4.69, 9.17) is 23.2 Å². The third kappa shape index (κ3) is 3.78. The zero-order valence-corrected chi connectivity index (χ0v) is 13.2. The van der Waals surface area contributed by atoms with E-state index in [9.17, 15) is 9.18 Å². The number of ketones is 1. The molecule has 0 aliphatic rings. The molecule has 0 spiro atoms. The van der Waals surface area contributed by atoms with Gasteiger partial charge in [-0.3, -0.25) is 8.77 Å². The van der Waals surface area contributed by atoms with Crippen molar-refractivity contribution in [2.24, 2.45) is 0 Å². The molecule has 0 fully saturated rings. The lowest BCUT2D eigenvalue weighted by Crippen LogP contribution is -2.00. The summed E-state index contributed by atoms with van der Waals surface area (Å²) in [5, 5.41) is 0. The minimum Gasteiger partial charge on any atom is -0.294 e. The van der Waals surface area contributed by atoms with E-state index in [2.05, 4.69) is 0 Å². The summed E-state index contributed by atoms with van der Waals surface area (Å²) in [4.78, 5) is 11.7. The molecular formula is C14H12Cl2FNOS. The molecule has 2 nitrogen and oxygen atoms in total. The maximum Gasteiger partial charge on any atom is 0.323 e. The molecule has 0 amide bonds. The van der Waals surface area contributed by atoms with Gasteiger partial charge in [0.1, 0.15) is 0 Å². The van der Waals surface area contributed by atoms with Crippen molar-refractivity contribution in [1.29, 1.82) is 0 Å². The summed E-state index contributed by atoms with van der Waals surface area (Å²) in [5.74, 6) is -0.103. The van der Waals surface area contributed by atoms with Crippen molar-refractivity contribution in [3.8, 4) is 11.1 Å². The third-order valence-corrected chi connectivity index (χ3v) is 3.80. The van der Waals surface area contributed by atoms with E-state index in [-0.39, 0.29) is 5.78 Å². The van der Waals surface area contributed by atoms with Crippen LogP contribution in [0.15, 0.2) is 36.7 Å². The highest BCUT2D eigenvalue weighted by Gasteiger charge is 2.25. The molecule has 2 aromatic rings. The Kier molecular flexibility index (Phi) is 4.47. The van der Waals surface area contributed by atoms with Gasteiger partial charge < -0.3 is 0 Å². The second-order valence-corrected chi connectivity index (χ2v) is 7.25. The number of rotatable bonds is 4. The van der Waals surface area contributed by atoms with Crippen LogP contribution in [0, 0.1) is 6.92 Å². The fourth-order valence-electron chi connectivity index (χ4n) is 1.85. The summed E-state index contributed by atoms with van der Waals surface area (Å²) in [6.45, 7) is 3.45. The van der Waals surface area contributed by atoms with Crippen molar-refractivity contribution in [2.45, 2.75) is 17.8 Å². The summed E-state index contributed by atoms with van der Waals surface area (Å²) in [7, 11) is 0. The van der Waals surface area contributed by atoms with E-state index in [1.807, 2.05) is 31.2 Å². The molecule has 0 aliphatic carbocycles. The zero-order chi connectivity index (χ0) is 14.9. The predicted octanol–water partition coefficient (Wildman–Crippen LogP) is 5.22. The van der Waals surface area contributed by atoms with Crippen LogP contribution in [-0.4, -0.2) is 13.7 Å². The van der Waals surface area contributed by atoms with Gasteiger partial charge in [0.2, 0.25) is 0 Å². The molecule has 0 atom stereocenters. The molecule has 20 heavy (non-hydrogen) atoms. The maximum atomic E-state index is 13.3. The van der Waals surface area contributed by atoms with Gasteiger partial charge in [-0.2, -0.15) is 4.39 Å². The Morgan fingerprint density at radius 1 is 1.25 bits per heavy atom. The van der Waals surface area contributed by atoms with Crippen LogP contribution >= 0.6 is 35.1 Å². The fraction of sp³-hybridized carbons (Fsp3) is 0.214. The van der Waals surface area contributed by atoms with E-state index in [1.165, 1.54) is 17.1 Å². The predicted molar refractivity (Wildman–Crippen MR) is 83.1 cm³/mol. The van der Waals surface area contributed by atoms with Crippen molar-refractivity contribution in [3.63, 3.8) is 0 Å². The first-order valence-corrected chi connectivity index (χ1v) is 7.35. The highest BCUT2D eigenvalue weighted by Crippen LogP contribution is 2.39. The van der Waals surface area contributed by atoms with Crippen LogP contribution in [0.1, 0.15) is 22.8 Å². The van der Waals surface area contributed by atoms with E-state index in [1.54, 1.807) is 6.20 Å². The molecule has 0 bridgehead atoms. The van der Waals surface area contributed by atoms with E-state index in [0.29, 0.717) is 17.5 Å². The lowest BCUT2D eigenvalue weighted by atomic mass is 10.0. The number of hydrogen-bond donors (Lipinski definition) is 0. The number of aryl methyl sites for hydroxylation is 1. The van der Waals surface area contributed by atoms with Gasteiger partial charge in [-0.05, 0) is 19.4 Å². The van der Waals surface area contributed by atoms with Gasteiger partial charge in [0, 0.05) is 35.5 Å². The molecule has 0 N–H and O–H groups in total. The Morgan fingerprint density at radius 3 is 2.35 bits per heavy atom. The summed E-state index contributed by atoms with van der Waals surface area (Å²) >= 11 is 11.2. The first-order valence-electron chi connectivity index (χ1n) is 5.82. The molecule has 1 heterocycles. The number of nitrogens with zero attached hydrogens (tertiary/aromatic N) is 1. The lowest BCUT2D eigenvalue weighted by Gasteiger charge is -2.07. The van der Waals surface area contributed by atoms with Crippen molar-refractivity contribution >= 4 is 40.9 Å². The van der Waals surface area contributed by atoms with Gasteiger partial charge in [0.25, 0.3) is 0 Å². The minimum absolute atomic E-state index is 0.103. The lowest BCUT2D eigenvalue weighted by molar-refractivity contribution is 0.101. The van der Waals surface area contributed by atoms with Gasteiger partial charge in [0.05, 0.1) is 0 Å². The molecule has 1 aromatic carbocycles. The number of aromatic nitrogens is 1. The second-order valence-electron chi connectivity index (χ2n) is 4.40.